The van der Waals surface area contributed by atoms with Crippen molar-refractivity contribution in [2.45, 2.75) is 0 Å². The predicted molar refractivity (Wildman–Crippen MR) is 76.2 cm³/mol. The number of rotatable bonds is 2. The number of fused-ring (bicyclic) bond motifs is 2. The number of nitro benzene ring substituents is 2. The molecule has 1 aliphatic heterocycles. The normalized spacial score (nSPS) is 12.4. The third-order valence-electron chi connectivity index (χ3n) is 2.72. The molecule has 0 aromatic heterocycles. The van der Waals surface area contributed by atoms with E-state index in [1.165, 1.54) is 7.22 Å². The third kappa shape index (κ3) is 2.53. The quantitative estimate of drug-likeness (QED) is 0.262. The fourth-order valence-corrected chi connectivity index (χ4v) is 10.0. The summed E-state index contributed by atoms with van der Waals surface area (Å²) in [7, 11) is 0. The van der Waals surface area contributed by atoms with Crippen LogP contribution >= 0.6 is 0 Å². The van der Waals surface area contributed by atoms with Crippen molar-refractivity contribution in [3.05, 3.63) is 56.6 Å². The summed E-state index contributed by atoms with van der Waals surface area (Å²) in [5.74, 6) is 0. The van der Waals surface area contributed by atoms with E-state index in [4.69, 9.17) is 0 Å². The Bertz CT molecular complexity index is 687. The Labute approximate surface area is 133 Å². The van der Waals surface area contributed by atoms with Gasteiger partial charge in [-0.05, 0) is 0 Å². The van der Waals surface area contributed by atoms with Crippen LogP contribution in [0.2, 0.25) is 0 Å². The van der Waals surface area contributed by atoms with Gasteiger partial charge in [0.05, 0.1) is 0 Å². The summed E-state index contributed by atoms with van der Waals surface area (Å²) in [4.78, 5) is 20.8. The van der Waals surface area contributed by atoms with Crippen molar-refractivity contribution in [1.29, 1.82) is 0 Å². The fourth-order valence-electron chi connectivity index (χ4n) is 1.79. The molecule has 0 atom stereocenters. The van der Waals surface area contributed by atoms with Crippen molar-refractivity contribution in [2.75, 3.05) is 0 Å². The number of non-ortho nitro benzene ring substituents is 2. The molecule has 0 saturated heterocycles. The summed E-state index contributed by atoms with van der Waals surface area (Å²) in [6.07, 6.45) is 0. The molecule has 1 aliphatic rings. The van der Waals surface area contributed by atoms with Crippen molar-refractivity contribution in [2.24, 2.45) is 0 Å². The molecule has 8 heteroatoms. The van der Waals surface area contributed by atoms with Crippen LogP contribution in [-0.2, 0) is 0 Å². The van der Waals surface area contributed by atoms with E-state index in [1.54, 1.807) is 24.3 Å². The van der Waals surface area contributed by atoms with Gasteiger partial charge in [-0.25, -0.2) is 0 Å². The van der Waals surface area contributed by atoms with E-state index in [0.29, 0.717) is 0 Å². The molecule has 0 saturated carbocycles. The molecule has 2 aromatic rings. The summed E-state index contributed by atoms with van der Waals surface area (Å²) in [5, 5.41) is 21.6. The van der Waals surface area contributed by atoms with E-state index in [0.717, 1.165) is 7.22 Å². The minimum atomic E-state index is -0.788. The first-order valence-corrected chi connectivity index (χ1v) is 10.1. The Morgan fingerprint density at radius 2 is 1.10 bits per heavy atom. The average molecular weight is 497 g/mol. The van der Waals surface area contributed by atoms with Crippen molar-refractivity contribution < 1.29 is 9.85 Å². The van der Waals surface area contributed by atoms with Gasteiger partial charge in [-0.3, -0.25) is 0 Å². The van der Waals surface area contributed by atoms with Gasteiger partial charge < -0.3 is 0 Å². The molecular weight excluding hydrogens is 491 g/mol. The zero-order chi connectivity index (χ0) is 14.3. The molecule has 0 bridgehead atoms. The zero-order valence-electron chi connectivity index (χ0n) is 9.81. The van der Waals surface area contributed by atoms with E-state index in [2.05, 4.69) is 0 Å². The molecule has 20 heavy (non-hydrogen) atoms. The first-order valence-electron chi connectivity index (χ1n) is 5.47. The molecule has 0 N–H and O–H groups in total. The van der Waals surface area contributed by atoms with Gasteiger partial charge in [-0.2, -0.15) is 0 Å². The molecule has 2 aromatic carbocycles. The van der Waals surface area contributed by atoms with Crippen LogP contribution in [-0.4, -0.2) is 51.7 Å². The van der Waals surface area contributed by atoms with E-state index in [9.17, 15) is 20.2 Å². The van der Waals surface area contributed by atoms with Gasteiger partial charge in [-0.1, -0.05) is 0 Å². The molecule has 0 amide bonds. The van der Waals surface area contributed by atoms with Gasteiger partial charge in [0.2, 0.25) is 0 Å². The molecule has 6 nitrogen and oxygen atoms in total. The van der Waals surface area contributed by atoms with Crippen LogP contribution in [0.5, 0.6) is 0 Å². The first kappa shape index (κ1) is 13.8. The van der Waals surface area contributed by atoms with Crippen molar-refractivity contribution in [1.82, 2.24) is 0 Å². The van der Waals surface area contributed by atoms with Crippen LogP contribution in [0.3, 0.4) is 0 Å². The SMILES string of the molecule is O=[N+]([O-])c1ccc2c(c1)[Te]c1cc([N+](=O)[O-])ccc1[Te]2. The first-order chi connectivity index (χ1) is 9.54. The fraction of sp³-hybridized carbons (Fsp3) is 0. The standard InChI is InChI=1S/C12H6N2O4Te2/c15-13(16)7-1-3-9-11(5-7)20-12-6-8(14(17)18)2-4-10(12)19-9/h1-6H. The molecule has 1 heterocycles. The maximum atomic E-state index is 10.8. The molecule has 0 aliphatic carbocycles. The van der Waals surface area contributed by atoms with Crippen LogP contribution in [0, 0.1) is 20.2 Å². The average Bonchev–Trinajstić information content (AvgIpc) is 2.43. The number of benzene rings is 2. The Morgan fingerprint density at radius 3 is 1.50 bits per heavy atom. The monoisotopic (exact) mass is 502 g/mol. The number of nitrogens with zero attached hydrogens (tertiary/aromatic N) is 2. The zero-order valence-corrected chi connectivity index (χ0v) is 14.5. The number of hydrogen-bond donors (Lipinski definition) is 0. The van der Waals surface area contributed by atoms with Gasteiger partial charge in [-0.15, -0.1) is 0 Å². The second-order valence-corrected chi connectivity index (χ2v) is 10.2. The predicted octanol–water partition coefficient (Wildman–Crippen LogP) is -0.874. The summed E-state index contributed by atoms with van der Waals surface area (Å²) < 4.78 is 4.56. The van der Waals surface area contributed by atoms with Gasteiger partial charge >= 0.3 is 134 Å². The number of hydrogen-bond acceptors (Lipinski definition) is 4. The molecule has 3 rings (SSSR count). The van der Waals surface area contributed by atoms with Crippen LogP contribution < -0.4 is 14.4 Å². The Balaban J connectivity index is 2.03. The van der Waals surface area contributed by atoms with Crippen LogP contribution in [0.25, 0.3) is 0 Å². The molecular formula is C12H6N2O4Te2. The Hall–Kier alpha value is -1.18. The van der Waals surface area contributed by atoms with Gasteiger partial charge in [0.1, 0.15) is 0 Å². The summed E-state index contributed by atoms with van der Waals surface area (Å²) >= 11 is -1.39. The van der Waals surface area contributed by atoms with Crippen molar-refractivity contribution in [3.63, 3.8) is 0 Å². The van der Waals surface area contributed by atoms with Crippen LogP contribution in [0.4, 0.5) is 11.4 Å². The van der Waals surface area contributed by atoms with Gasteiger partial charge in [0, 0.05) is 0 Å². The molecule has 0 spiro atoms. The van der Waals surface area contributed by atoms with Crippen LogP contribution in [0.1, 0.15) is 0 Å². The van der Waals surface area contributed by atoms with Crippen molar-refractivity contribution >= 4 is 67.7 Å². The number of nitro groups is 2. The topological polar surface area (TPSA) is 86.3 Å². The minimum absolute atomic E-state index is 0.107. The molecule has 100 valence electrons. The molecule has 0 fully saturated rings. The summed E-state index contributed by atoms with van der Waals surface area (Å²) in [6, 6.07) is 10.1. The van der Waals surface area contributed by atoms with Crippen LogP contribution in [0.15, 0.2) is 36.4 Å². The van der Waals surface area contributed by atoms with E-state index >= 15 is 0 Å². The van der Waals surface area contributed by atoms with Crippen molar-refractivity contribution in [3.8, 4) is 0 Å². The second kappa shape index (κ2) is 5.31. The Kier molecular flexibility index (Phi) is 3.66. The van der Waals surface area contributed by atoms with Gasteiger partial charge in [0.25, 0.3) is 0 Å². The van der Waals surface area contributed by atoms with E-state index in [-0.39, 0.29) is 11.4 Å². The third-order valence-corrected chi connectivity index (χ3v) is 11.7. The summed E-state index contributed by atoms with van der Waals surface area (Å²) in [5.41, 5.74) is 0.213. The van der Waals surface area contributed by atoms with E-state index in [1.807, 2.05) is 12.1 Å². The maximum absolute atomic E-state index is 10.8. The Morgan fingerprint density at radius 1 is 0.700 bits per heavy atom. The van der Waals surface area contributed by atoms with Gasteiger partial charge in [0.15, 0.2) is 0 Å². The molecule has 0 radical (unpaired) electrons. The van der Waals surface area contributed by atoms with E-state index < -0.39 is 51.7 Å². The summed E-state index contributed by atoms with van der Waals surface area (Å²) in [6.45, 7) is 0. The molecule has 0 unspecified atom stereocenters. The second-order valence-electron chi connectivity index (χ2n) is 3.98.